The van der Waals surface area contributed by atoms with Crippen LogP contribution in [0.3, 0.4) is 0 Å². The Labute approximate surface area is 81.3 Å². The Morgan fingerprint density at radius 2 is 1.85 bits per heavy atom. The average Bonchev–Trinajstić information content (AvgIpc) is 2.99. The molecule has 0 unspecified atom stereocenters. The van der Waals surface area contributed by atoms with Gasteiger partial charge in [0.1, 0.15) is 0 Å². The molecule has 3 N–H and O–H groups in total. The first-order chi connectivity index (χ1) is 6.38. The zero-order valence-electron chi connectivity index (χ0n) is 8.47. The van der Waals surface area contributed by atoms with Crippen LogP contribution < -0.4 is 11.1 Å². The van der Waals surface area contributed by atoms with E-state index in [1.807, 2.05) is 0 Å². The first-order valence-corrected chi connectivity index (χ1v) is 5.82. The van der Waals surface area contributed by atoms with Gasteiger partial charge in [0.15, 0.2) is 0 Å². The lowest BCUT2D eigenvalue weighted by Gasteiger charge is -2.28. The third kappa shape index (κ3) is 2.96. The summed E-state index contributed by atoms with van der Waals surface area (Å²) < 4.78 is 0. The lowest BCUT2D eigenvalue weighted by atomic mass is 9.81. The van der Waals surface area contributed by atoms with Crippen LogP contribution >= 0.6 is 0 Å². The SMILES string of the molecule is NC[C@@H]1CCC[C@H](CNC2CC2)C1. The maximum absolute atomic E-state index is 5.71. The Balaban J connectivity index is 1.65. The second-order valence-corrected chi connectivity index (χ2v) is 4.82. The van der Waals surface area contributed by atoms with Gasteiger partial charge in [0.2, 0.25) is 0 Å². The van der Waals surface area contributed by atoms with Crippen molar-refractivity contribution in [3.05, 3.63) is 0 Å². The van der Waals surface area contributed by atoms with E-state index < -0.39 is 0 Å². The van der Waals surface area contributed by atoms with Crippen molar-refractivity contribution in [1.29, 1.82) is 0 Å². The molecule has 2 aliphatic carbocycles. The smallest absolute Gasteiger partial charge is 0.00683 e. The zero-order valence-corrected chi connectivity index (χ0v) is 8.47. The summed E-state index contributed by atoms with van der Waals surface area (Å²) in [4.78, 5) is 0. The van der Waals surface area contributed by atoms with Gasteiger partial charge in [-0.15, -0.1) is 0 Å². The topological polar surface area (TPSA) is 38.0 Å². The van der Waals surface area contributed by atoms with Gasteiger partial charge in [0.25, 0.3) is 0 Å². The molecule has 0 bridgehead atoms. The molecule has 0 aromatic heterocycles. The molecule has 0 aromatic carbocycles. The van der Waals surface area contributed by atoms with Crippen molar-refractivity contribution in [1.82, 2.24) is 5.32 Å². The van der Waals surface area contributed by atoms with Gasteiger partial charge in [-0.05, 0) is 57.0 Å². The lowest BCUT2D eigenvalue weighted by molar-refractivity contribution is 0.264. The van der Waals surface area contributed by atoms with Gasteiger partial charge < -0.3 is 11.1 Å². The van der Waals surface area contributed by atoms with Gasteiger partial charge >= 0.3 is 0 Å². The van der Waals surface area contributed by atoms with Crippen molar-refractivity contribution in [2.45, 2.75) is 44.6 Å². The maximum Gasteiger partial charge on any atom is 0.00683 e. The van der Waals surface area contributed by atoms with Crippen LogP contribution in [0.4, 0.5) is 0 Å². The van der Waals surface area contributed by atoms with Crippen molar-refractivity contribution in [3.8, 4) is 0 Å². The Morgan fingerprint density at radius 3 is 2.54 bits per heavy atom. The number of nitrogens with one attached hydrogen (secondary N) is 1. The highest BCUT2D eigenvalue weighted by Crippen LogP contribution is 2.28. The molecule has 0 spiro atoms. The molecule has 13 heavy (non-hydrogen) atoms. The number of nitrogens with two attached hydrogens (primary N) is 1. The van der Waals surface area contributed by atoms with Gasteiger partial charge in [-0.25, -0.2) is 0 Å². The zero-order chi connectivity index (χ0) is 9.10. The van der Waals surface area contributed by atoms with Crippen molar-refractivity contribution < 1.29 is 0 Å². The predicted molar refractivity (Wildman–Crippen MR) is 55.5 cm³/mol. The van der Waals surface area contributed by atoms with E-state index in [1.54, 1.807) is 0 Å². The summed E-state index contributed by atoms with van der Waals surface area (Å²) >= 11 is 0. The first-order valence-electron chi connectivity index (χ1n) is 5.82. The molecule has 2 nitrogen and oxygen atoms in total. The van der Waals surface area contributed by atoms with Crippen LogP contribution in [0.2, 0.25) is 0 Å². The highest BCUT2D eigenvalue weighted by atomic mass is 14.9. The summed E-state index contributed by atoms with van der Waals surface area (Å²) in [5.41, 5.74) is 5.71. The Morgan fingerprint density at radius 1 is 1.08 bits per heavy atom. The van der Waals surface area contributed by atoms with Crippen molar-refractivity contribution in [2.75, 3.05) is 13.1 Å². The maximum atomic E-state index is 5.71. The molecule has 0 aliphatic heterocycles. The molecule has 2 saturated carbocycles. The monoisotopic (exact) mass is 182 g/mol. The minimum atomic E-state index is 0.819. The van der Waals surface area contributed by atoms with Crippen molar-refractivity contribution >= 4 is 0 Å². The van der Waals surface area contributed by atoms with E-state index in [9.17, 15) is 0 Å². The Kier molecular flexibility index (Phi) is 3.23. The van der Waals surface area contributed by atoms with Crippen LogP contribution in [0.5, 0.6) is 0 Å². The van der Waals surface area contributed by atoms with Crippen molar-refractivity contribution in [2.24, 2.45) is 17.6 Å². The van der Waals surface area contributed by atoms with Crippen LogP contribution in [0, 0.1) is 11.8 Å². The van der Waals surface area contributed by atoms with Crippen LogP contribution in [-0.2, 0) is 0 Å². The second-order valence-electron chi connectivity index (χ2n) is 4.82. The standard InChI is InChI=1S/C11H22N2/c12-7-9-2-1-3-10(6-9)8-13-11-4-5-11/h9-11,13H,1-8,12H2/t9-,10+/m1/s1. The molecule has 0 aromatic rings. The fourth-order valence-electron chi connectivity index (χ4n) is 2.42. The number of hydrogen-bond donors (Lipinski definition) is 2. The highest BCUT2D eigenvalue weighted by Gasteiger charge is 2.24. The van der Waals surface area contributed by atoms with E-state index in [4.69, 9.17) is 5.73 Å². The molecule has 0 heterocycles. The van der Waals surface area contributed by atoms with Gasteiger partial charge in [-0.3, -0.25) is 0 Å². The van der Waals surface area contributed by atoms with Crippen LogP contribution in [0.1, 0.15) is 38.5 Å². The molecule has 0 saturated heterocycles. The molecular weight excluding hydrogens is 160 g/mol. The fraction of sp³-hybridized carbons (Fsp3) is 1.00. The predicted octanol–water partition coefficient (Wildman–Crippen LogP) is 1.50. The molecule has 2 atom stereocenters. The van der Waals surface area contributed by atoms with E-state index in [-0.39, 0.29) is 0 Å². The van der Waals surface area contributed by atoms with Crippen molar-refractivity contribution in [3.63, 3.8) is 0 Å². The number of hydrogen-bond acceptors (Lipinski definition) is 2. The highest BCUT2D eigenvalue weighted by molar-refractivity contribution is 4.83. The molecule has 2 aliphatic rings. The van der Waals surface area contributed by atoms with Gasteiger partial charge in [0, 0.05) is 6.04 Å². The third-order valence-corrected chi connectivity index (χ3v) is 3.50. The molecule has 0 radical (unpaired) electrons. The van der Waals surface area contributed by atoms with Gasteiger partial charge in [-0.1, -0.05) is 6.42 Å². The van der Waals surface area contributed by atoms with Crippen LogP contribution in [0.25, 0.3) is 0 Å². The molecule has 76 valence electrons. The molecular formula is C11H22N2. The summed E-state index contributed by atoms with van der Waals surface area (Å²) in [5.74, 6) is 1.74. The third-order valence-electron chi connectivity index (χ3n) is 3.50. The minimum Gasteiger partial charge on any atom is -0.330 e. The molecule has 2 rings (SSSR count). The normalized spacial score (nSPS) is 34.8. The summed E-state index contributed by atoms with van der Waals surface area (Å²) in [7, 11) is 0. The first kappa shape index (κ1) is 9.47. The summed E-state index contributed by atoms with van der Waals surface area (Å²) in [6.07, 6.45) is 8.39. The van der Waals surface area contributed by atoms with E-state index in [0.29, 0.717) is 0 Å². The molecule has 2 fully saturated rings. The van der Waals surface area contributed by atoms with Crippen LogP contribution in [-0.4, -0.2) is 19.1 Å². The van der Waals surface area contributed by atoms with E-state index in [0.717, 1.165) is 24.4 Å². The fourth-order valence-corrected chi connectivity index (χ4v) is 2.42. The Hall–Kier alpha value is -0.0800. The van der Waals surface area contributed by atoms with E-state index in [2.05, 4.69) is 5.32 Å². The quantitative estimate of drug-likeness (QED) is 0.691. The summed E-state index contributed by atoms with van der Waals surface area (Å²) in [6.45, 7) is 2.15. The lowest BCUT2D eigenvalue weighted by Crippen LogP contribution is -2.30. The summed E-state index contributed by atoms with van der Waals surface area (Å²) in [6, 6.07) is 0.873. The van der Waals surface area contributed by atoms with Crippen LogP contribution in [0.15, 0.2) is 0 Å². The van der Waals surface area contributed by atoms with E-state index >= 15 is 0 Å². The van der Waals surface area contributed by atoms with Gasteiger partial charge in [0.05, 0.1) is 0 Å². The number of rotatable bonds is 4. The summed E-state index contributed by atoms with van der Waals surface area (Å²) in [5, 5.41) is 3.63. The minimum absolute atomic E-state index is 0.819. The van der Waals surface area contributed by atoms with Gasteiger partial charge in [-0.2, -0.15) is 0 Å². The molecule has 2 heteroatoms. The molecule has 0 amide bonds. The second kappa shape index (κ2) is 4.43. The largest absolute Gasteiger partial charge is 0.330 e. The van der Waals surface area contributed by atoms with E-state index in [1.165, 1.54) is 45.1 Å². The average molecular weight is 182 g/mol. The Bertz CT molecular complexity index is 154.